The predicted octanol–water partition coefficient (Wildman–Crippen LogP) is 1.32. The van der Waals surface area contributed by atoms with Crippen LogP contribution in [-0.4, -0.2) is 40.0 Å². The first-order chi connectivity index (χ1) is 9.92. The summed E-state index contributed by atoms with van der Waals surface area (Å²) in [6, 6.07) is 2.77. The van der Waals surface area contributed by atoms with Gasteiger partial charge < -0.3 is 15.2 Å². The molecule has 0 aromatic heterocycles. The van der Waals surface area contributed by atoms with Crippen LogP contribution in [0.5, 0.6) is 11.5 Å². The molecule has 1 aromatic carbocycles. The van der Waals surface area contributed by atoms with Crippen molar-refractivity contribution in [2.45, 2.75) is 18.2 Å². The number of nitrogens with two attached hydrogens (primary N) is 1. The number of hydrogen-bond acceptors (Lipinski definition) is 5. The monoisotopic (exact) mass is 312 g/mol. The molecule has 0 radical (unpaired) electrons. The molecule has 0 amide bonds. The van der Waals surface area contributed by atoms with Crippen molar-refractivity contribution in [1.82, 2.24) is 4.31 Å². The van der Waals surface area contributed by atoms with Gasteiger partial charge in [0.05, 0.1) is 26.5 Å². The highest BCUT2D eigenvalue weighted by Gasteiger charge is 2.28. The highest BCUT2D eigenvalue weighted by Crippen LogP contribution is 2.35. The molecule has 0 unspecified atom stereocenters. The van der Waals surface area contributed by atoms with Gasteiger partial charge in [0.1, 0.15) is 16.4 Å². The maximum absolute atomic E-state index is 12.7. The molecule has 1 rings (SSSR count). The van der Waals surface area contributed by atoms with Gasteiger partial charge in [-0.3, -0.25) is 0 Å². The van der Waals surface area contributed by atoms with Crippen LogP contribution in [0.4, 0.5) is 5.69 Å². The van der Waals surface area contributed by atoms with Crippen LogP contribution < -0.4 is 15.2 Å². The van der Waals surface area contributed by atoms with Crippen molar-refractivity contribution in [3.63, 3.8) is 0 Å². The van der Waals surface area contributed by atoms with Crippen molar-refractivity contribution < 1.29 is 17.9 Å². The van der Waals surface area contributed by atoms with Gasteiger partial charge in [-0.1, -0.05) is 12.8 Å². The van der Waals surface area contributed by atoms with E-state index in [0.717, 1.165) is 0 Å². The van der Waals surface area contributed by atoms with Crippen molar-refractivity contribution in [3.8, 4) is 23.8 Å². The lowest BCUT2D eigenvalue weighted by molar-refractivity contribution is 0.383. The highest BCUT2D eigenvalue weighted by atomic mass is 32.2. The molecule has 0 heterocycles. The number of terminal acetylenes is 1. The molecule has 21 heavy (non-hydrogen) atoms. The molecule has 116 valence electrons. The Hall–Kier alpha value is -1.91. The smallest absolute Gasteiger partial charge is 0.247 e. The third kappa shape index (κ3) is 3.60. The van der Waals surface area contributed by atoms with Crippen molar-refractivity contribution in [3.05, 3.63) is 12.1 Å². The third-order valence-corrected chi connectivity index (χ3v) is 4.74. The number of ether oxygens (including phenoxy) is 2. The summed E-state index contributed by atoms with van der Waals surface area (Å²) in [5.41, 5.74) is 6.01. The number of methoxy groups -OCH3 is 2. The second-order valence-corrected chi connectivity index (χ2v) is 6.19. The van der Waals surface area contributed by atoms with Gasteiger partial charge in [-0.25, -0.2) is 8.42 Å². The van der Waals surface area contributed by atoms with Gasteiger partial charge in [0.25, 0.3) is 0 Å². The molecule has 1 aromatic rings. The lowest BCUT2D eigenvalue weighted by Crippen LogP contribution is -2.32. The number of nitrogens with zero attached hydrogens (tertiary/aromatic N) is 1. The normalized spacial score (nSPS) is 11.2. The summed E-state index contributed by atoms with van der Waals surface area (Å²) in [5.74, 6) is 2.87. The Kier molecular flexibility index (Phi) is 5.88. The van der Waals surface area contributed by atoms with Gasteiger partial charge >= 0.3 is 0 Å². The van der Waals surface area contributed by atoms with E-state index < -0.39 is 10.0 Å². The van der Waals surface area contributed by atoms with Gasteiger partial charge in [-0.05, 0) is 12.5 Å². The van der Waals surface area contributed by atoms with E-state index in [-0.39, 0.29) is 22.9 Å². The number of rotatable bonds is 7. The van der Waals surface area contributed by atoms with E-state index in [1.165, 1.54) is 30.7 Å². The number of anilines is 1. The summed E-state index contributed by atoms with van der Waals surface area (Å²) in [4.78, 5) is -0.0213. The molecule has 0 atom stereocenters. The molecular weight excluding hydrogens is 292 g/mol. The van der Waals surface area contributed by atoms with Crippen molar-refractivity contribution >= 4 is 15.7 Å². The number of nitrogen functional groups attached to an aromatic ring is 1. The molecule has 2 N–H and O–H groups in total. The molecule has 0 aliphatic heterocycles. The minimum absolute atomic E-state index is 0.00867. The Labute approximate surface area is 125 Å². The summed E-state index contributed by atoms with van der Waals surface area (Å²) in [5, 5.41) is 0. The Morgan fingerprint density at radius 2 is 1.90 bits per heavy atom. The predicted molar refractivity (Wildman–Crippen MR) is 81.8 cm³/mol. The Balaban J connectivity index is 3.42. The van der Waals surface area contributed by atoms with E-state index in [0.29, 0.717) is 18.7 Å². The zero-order valence-electron chi connectivity index (χ0n) is 12.4. The molecule has 0 fully saturated rings. The van der Waals surface area contributed by atoms with Crippen molar-refractivity contribution in [2.24, 2.45) is 0 Å². The van der Waals surface area contributed by atoms with Gasteiger partial charge in [0.15, 0.2) is 0 Å². The molecule has 6 nitrogen and oxygen atoms in total. The summed E-state index contributed by atoms with van der Waals surface area (Å²) in [6.45, 7) is 2.19. The molecule has 0 aliphatic carbocycles. The molecule has 0 aliphatic rings. The fourth-order valence-electron chi connectivity index (χ4n) is 1.87. The fourth-order valence-corrected chi connectivity index (χ4v) is 3.49. The van der Waals surface area contributed by atoms with Crippen LogP contribution in [-0.2, 0) is 10.0 Å². The minimum atomic E-state index is -3.79. The lowest BCUT2D eigenvalue weighted by Gasteiger charge is -2.21. The van der Waals surface area contributed by atoms with E-state index in [9.17, 15) is 8.42 Å². The van der Waals surface area contributed by atoms with E-state index in [4.69, 9.17) is 21.6 Å². The third-order valence-electron chi connectivity index (χ3n) is 2.87. The second kappa shape index (κ2) is 7.20. The summed E-state index contributed by atoms with van der Waals surface area (Å²) in [7, 11) is -0.956. The highest BCUT2D eigenvalue weighted by molar-refractivity contribution is 7.89. The van der Waals surface area contributed by atoms with Gasteiger partial charge in [-0.2, -0.15) is 4.31 Å². The SMILES string of the molecule is C#CCN(CCC)S(=O)(=O)c1cc(N)c(OC)cc1OC. The van der Waals surface area contributed by atoms with Crippen LogP contribution in [0, 0.1) is 12.3 Å². The molecular formula is C14H20N2O4S. The molecule has 0 spiro atoms. The van der Waals surface area contributed by atoms with Crippen LogP contribution >= 0.6 is 0 Å². The van der Waals surface area contributed by atoms with E-state index in [2.05, 4.69) is 5.92 Å². The standard InChI is InChI=1S/C14H20N2O4S/c1-5-7-16(8-6-2)21(17,18)14-9-11(15)12(19-3)10-13(14)20-4/h1,9-10H,6-8,15H2,2-4H3. The van der Waals surface area contributed by atoms with Gasteiger partial charge in [0, 0.05) is 12.6 Å². The summed E-state index contributed by atoms with van der Waals surface area (Å²) < 4.78 is 36.8. The first kappa shape index (κ1) is 17.1. The number of benzene rings is 1. The van der Waals surface area contributed by atoms with Crippen LogP contribution in [0.15, 0.2) is 17.0 Å². The average Bonchev–Trinajstić information content (AvgIpc) is 2.46. The Morgan fingerprint density at radius 1 is 1.29 bits per heavy atom. The number of sulfonamides is 1. The first-order valence-electron chi connectivity index (χ1n) is 6.37. The quantitative estimate of drug-likeness (QED) is 0.606. The lowest BCUT2D eigenvalue weighted by atomic mass is 10.3. The molecule has 0 bridgehead atoms. The van der Waals surface area contributed by atoms with Crippen molar-refractivity contribution in [1.29, 1.82) is 0 Å². The largest absolute Gasteiger partial charge is 0.495 e. The average molecular weight is 312 g/mol. The van der Waals surface area contributed by atoms with Crippen LogP contribution in [0.2, 0.25) is 0 Å². The zero-order chi connectivity index (χ0) is 16.0. The molecule has 7 heteroatoms. The van der Waals surface area contributed by atoms with Crippen LogP contribution in [0.3, 0.4) is 0 Å². The maximum atomic E-state index is 12.7. The topological polar surface area (TPSA) is 81.9 Å². The zero-order valence-corrected chi connectivity index (χ0v) is 13.2. The number of hydrogen-bond donors (Lipinski definition) is 1. The Morgan fingerprint density at radius 3 is 2.38 bits per heavy atom. The fraction of sp³-hybridized carbons (Fsp3) is 0.429. The van der Waals surface area contributed by atoms with E-state index >= 15 is 0 Å². The second-order valence-electron chi connectivity index (χ2n) is 4.29. The van der Waals surface area contributed by atoms with Crippen LogP contribution in [0.25, 0.3) is 0 Å². The summed E-state index contributed by atoms with van der Waals surface area (Å²) >= 11 is 0. The summed E-state index contributed by atoms with van der Waals surface area (Å²) in [6.07, 6.45) is 5.90. The van der Waals surface area contributed by atoms with Gasteiger partial charge in [-0.15, -0.1) is 6.42 Å². The van der Waals surface area contributed by atoms with Crippen LogP contribution in [0.1, 0.15) is 13.3 Å². The molecule has 0 saturated heterocycles. The Bertz CT molecular complexity index is 635. The minimum Gasteiger partial charge on any atom is -0.495 e. The van der Waals surface area contributed by atoms with Crippen molar-refractivity contribution in [2.75, 3.05) is 33.0 Å². The molecule has 0 saturated carbocycles. The maximum Gasteiger partial charge on any atom is 0.247 e. The van der Waals surface area contributed by atoms with E-state index in [1.807, 2.05) is 6.92 Å². The first-order valence-corrected chi connectivity index (χ1v) is 7.81. The van der Waals surface area contributed by atoms with E-state index in [1.54, 1.807) is 0 Å². The van der Waals surface area contributed by atoms with Gasteiger partial charge in [0.2, 0.25) is 10.0 Å².